The zero-order valence-electron chi connectivity index (χ0n) is 17.0. The first-order chi connectivity index (χ1) is 14.1. The van der Waals surface area contributed by atoms with Crippen LogP contribution >= 0.6 is 11.8 Å². The summed E-state index contributed by atoms with van der Waals surface area (Å²) in [5, 5.41) is 8.57. The summed E-state index contributed by atoms with van der Waals surface area (Å²) in [7, 11) is 0. The van der Waals surface area contributed by atoms with Gasteiger partial charge in [-0.2, -0.15) is 9.50 Å². The Kier molecular flexibility index (Phi) is 6.13. The molecule has 0 aliphatic heterocycles. The van der Waals surface area contributed by atoms with E-state index < -0.39 is 0 Å². The van der Waals surface area contributed by atoms with E-state index in [2.05, 4.69) is 27.3 Å². The fourth-order valence-corrected chi connectivity index (χ4v) is 4.87. The zero-order valence-corrected chi connectivity index (χ0v) is 17.8. The Morgan fingerprint density at radius 1 is 1.21 bits per heavy atom. The first kappa shape index (κ1) is 19.9. The van der Waals surface area contributed by atoms with Gasteiger partial charge in [0.1, 0.15) is 10.9 Å². The number of hydrogen-bond donors (Lipinski definition) is 1. The molecule has 0 saturated heterocycles. The largest absolute Gasteiger partial charge is 0.325 e. The van der Waals surface area contributed by atoms with E-state index >= 15 is 0 Å². The highest BCUT2D eigenvalue weighted by molar-refractivity contribution is 7.99. The number of carbonyl (C=O) groups is 1. The standard InChI is InChI=1S/C22H27N5OS/c1-3-17-14-21(27-22(24-17)23-15(2)26-27)29-19-12-8-7-11-18(19)25-20(28)13-16-9-5-4-6-10-16/h7-8,11-12,14,16H,3-6,9-10,13H2,1-2H3,(H,25,28). The van der Waals surface area contributed by atoms with Crippen molar-refractivity contribution >= 4 is 29.1 Å². The van der Waals surface area contributed by atoms with E-state index in [-0.39, 0.29) is 5.91 Å². The van der Waals surface area contributed by atoms with Crippen LogP contribution in [0.1, 0.15) is 57.0 Å². The number of hydrogen-bond acceptors (Lipinski definition) is 5. The lowest BCUT2D eigenvalue weighted by Gasteiger charge is -2.21. The summed E-state index contributed by atoms with van der Waals surface area (Å²) in [6.07, 6.45) is 7.59. The Hall–Kier alpha value is -2.41. The van der Waals surface area contributed by atoms with Crippen LogP contribution in [0.3, 0.4) is 0 Å². The van der Waals surface area contributed by atoms with Gasteiger partial charge >= 0.3 is 0 Å². The molecule has 4 rings (SSSR count). The van der Waals surface area contributed by atoms with Gasteiger partial charge in [-0.05, 0) is 50.3 Å². The molecule has 1 aliphatic rings. The van der Waals surface area contributed by atoms with E-state index in [0.29, 0.717) is 23.9 Å². The van der Waals surface area contributed by atoms with Crippen molar-refractivity contribution in [3.8, 4) is 0 Å². The summed E-state index contributed by atoms with van der Waals surface area (Å²) in [4.78, 5) is 22.6. The molecule has 0 atom stereocenters. The van der Waals surface area contributed by atoms with Crippen LogP contribution in [0.5, 0.6) is 0 Å². The summed E-state index contributed by atoms with van der Waals surface area (Å²) in [6.45, 7) is 3.95. The normalized spacial score (nSPS) is 15.0. The van der Waals surface area contributed by atoms with Crippen LogP contribution in [0.25, 0.3) is 5.78 Å². The van der Waals surface area contributed by atoms with Crippen LogP contribution in [0.4, 0.5) is 5.69 Å². The maximum absolute atomic E-state index is 12.6. The number of amides is 1. The number of fused-ring (bicyclic) bond motifs is 1. The van der Waals surface area contributed by atoms with Crippen LogP contribution in [0.15, 0.2) is 40.3 Å². The number of benzene rings is 1. The molecule has 1 N–H and O–H groups in total. The van der Waals surface area contributed by atoms with Crippen molar-refractivity contribution in [2.45, 2.75) is 68.7 Å². The average Bonchev–Trinajstić information content (AvgIpc) is 3.10. The maximum Gasteiger partial charge on any atom is 0.253 e. The van der Waals surface area contributed by atoms with E-state index in [1.165, 1.54) is 32.1 Å². The van der Waals surface area contributed by atoms with E-state index in [0.717, 1.165) is 27.7 Å². The van der Waals surface area contributed by atoms with Crippen molar-refractivity contribution in [2.75, 3.05) is 5.32 Å². The SMILES string of the molecule is CCc1cc(Sc2ccccc2NC(=O)CC2CCCCC2)n2nc(C)nc2n1. The topological polar surface area (TPSA) is 72.2 Å². The van der Waals surface area contributed by atoms with Crippen LogP contribution in [-0.2, 0) is 11.2 Å². The lowest BCUT2D eigenvalue weighted by molar-refractivity contribution is -0.117. The molecular formula is C22H27N5OS. The lowest BCUT2D eigenvalue weighted by atomic mass is 9.87. The molecular weight excluding hydrogens is 382 g/mol. The molecule has 152 valence electrons. The lowest BCUT2D eigenvalue weighted by Crippen LogP contribution is -2.18. The van der Waals surface area contributed by atoms with Crippen LogP contribution in [-0.4, -0.2) is 25.5 Å². The van der Waals surface area contributed by atoms with Crippen LogP contribution < -0.4 is 5.32 Å². The van der Waals surface area contributed by atoms with Gasteiger partial charge in [0.2, 0.25) is 5.91 Å². The van der Waals surface area contributed by atoms with Gasteiger partial charge in [0.25, 0.3) is 5.78 Å². The molecule has 2 aromatic heterocycles. The Morgan fingerprint density at radius 2 is 2.00 bits per heavy atom. The van der Waals surface area contributed by atoms with Crippen molar-refractivity contribution in [1.29, 1.82) is 0 Å². The third-order valence-corrected chi connectivity index (χ3v) is 6.45. The third kappa shape index (κ3) is 4.78. The quantitative estimate of drug-likeness (QED) is 0.577. The molecule has 0 unspecified atom stereocenters. The third-order valence-electron chi connectivity index (χ3n) is 5.38. The van der Waals surface area contributed by atoms with Crippen LogP contribution in [0.2, 0.25) is 0 Å². The first-order valence-electron chi connectivity index (χ1n) is 10.4. The summed E-state index contributed by atoms with van der Waals surface area (Å²) in [6, 6.07) is 9.99. The molecule has 1 saturated carbocycles. The molecule has 3 aromatic rings. The van der Waals surface area contributed by atoms with Crippen molar-refractivity contribution in [2.24, 2.45) is 5.92 Å². The molecule has 1 amide bonds. The number of aryl methyl sites for hydroxylation is 2. The van der Waals surface area contributed by atoms with Crippen molar-refractivity contribution in [1.82, 2.24) is 19.6 Å². The number of nitrogens with zero attached hydrogens (tertiary/aromatic N) is 4. The van der Waals surface area contributed by atoms with Gasteiger partial charge in [0.05, 0.1) is 5.69 Å². The predicted molar refractivity (Wildman–Crippen MR) is 115 cm³/mol. The molecule has 0 radical (unpaired) electrons. The number of rotatable bonds is 6. The Morgan fingerprint density at radius 3 is 2.79 bits per heavy atom. The average molecular weight is 410 g/mol. The number of para-hydroxylation sites is 1. The molecule has 29 heavy (non-hydrogen) atoms. The Labute approximate surface area is 175 Å². The van der Waals surface area contributed by atoms with Gasteiger partial charge in [0.15, 0.2) is 0 Å². The zero-order chi connectivity index (χ0) is 20.2. The number of aromatic nitrogens is 4. The van der Waals surface area contributed by atoms with Crippen molar-refractivity contribution in [3.05, 3.63) is 41.9 Å². The minimum atomic E-state index is 0.107. The second kappa shape index (κ2) is 8.95. The van der Waals surface area contributed by atoms with E-state index in [9.17, 15) is 4.79 Å². The molecule has 1 aliphatic carbocycles. The molecule has 2 heterocycles. The summed E-state index contributed by atoms with van der Waals surface area (Å²) >= 11 is 1.58. The smallest absolute Gasteiger partial charge is 0.253 e. The van der Waals surface area contributed by atoms with Gasteiger partial charge in [-0.15, -0.1) is 5.10 Å². The molecule has 1 aromatic carbocycles. The fourth-order valence-electron chi connectivity index (χ4n) is 3.87. The minimum absolute atomic E-state index is 0.107. The predicted octanol–water partition coefficient (Wildman–Crippen LogP) is 5.06. The molecule has 6 nitrogen and oxygen atoms in total. The Bertz CT molecular complexity index is 1010. The van der Waals surface area contributed by atoms with Gasteiger partial charge in [0, 0.05) is 17.0 Å². The molecule has 0 bridgehead atoms. The van der Waals surface area contributed by atoms with Gasteiger partial charge in [-0.3, -0.25) is 4.79 Å². The number of anilines is 1. The number of carbonyl (C=O) groups excluding carboxylic acids is 1. The highest BCUT2D eigenvalue weighted by Gasteiger charge is 2.18. The van der Waals surface area contributed by atoms with Crippen molar-refractivity contribution in [3.63, 3.8) is 0 Å². The fraction of sp³-hybridized carbons (Fsp3) is 0.455. The van der Waals surface area contributed by atoms with E-state index in [1.807, 2.05) is 37.3 Å². The molecule has 7 heteroatoms. The summed E-state index contributed by atoms with van der Waals surface area (Å²) in [5.74, 6) is 1.94. The van der Waals surface area contributed by atoms with Crippen molar-refractivity contribution < 1.29 is 4.79 Å². The van der Waals surface area contributed by atoms with E-state index in [4.69, 9.17) is 0 Å². The second-order valence-electron chi connectivity index (χ2n) is 7.66. The second-order valence-corrected chi connectivity index (χ2v) is 8.73. The van der Waals surface area contributed by atoms with Gasteiger partial charge in [-0.1, -0.05) is 50.1 Å². The maximum atomic E-state index is 12.6. The first-order valence-corrected chi connectivity index (χ1v) is 11.2. The highest BCUT2D eigenvalue weighted by Crippen LogP contribution is 2.34. The van der Waals surface area contributed by atoms with Gasteiger partial charge < -0.3 is 5.32 Å². The van der Waals surface area contributed by atoms with E-state index in [1.54, 1.807) is 16.3 Å². The molecule has 0 spiro atoms. The highest BCUT2D eigenvalue weighted by atomic mass is 32.2. The molecule has 1 fully saturated rings. The summed E-state index contributed by atoms with van der Waals surface area (Å²) in [5.41, 5.74) is 1.82. The minimum Gasteiger partial charge on any atom is -0.325 e. The number of nitrogens with one attached hydrogen (secondary N) is 1. The van der Waals surface area contributed by atoms with Crippen LogP contribution in [0, 0.1) is 12.8 Å². The Balaban J connectivity index is 1.56. The van der Waals surface area contributed by atoms with Gasteiger partial charge in [-0.25, -0.2) is 4.98 Å². The summed E-state index contributed by atoms with van der Waals surface area (Å²) < 4.78 is 1.78. The monoisotopic (exact) mass is 409 g/mol.